The Kier molecular flexibility index (Phi) is 5.21. The third-order valence-corrected chi connectivity index (χ3v) is 3.41. The highest BCUT2D eigenvalue weighted by Crippen LogP contribution is 2.17. The summed E-state index contributed by atoms with van der Waals surface area (Å²) >= 11 is 0. The third kappa shape index (κ3) is 4.78. The fourth-order valence-corrected chi connectivity index (χ4v) is 2.18. The molecule has 0 unspecified atom stereocenters. The Balaban J connectivity index is 1.57. The van der Waals surface area contributed by atoms with E-state index in [0.717, 1.165) is 5.56 Å². The zero-order valence-electron chi connectivity index (χ0n) is 13.7. The van der Waals surface area contributed by atoms with Crippen LogP contribution in [0.25, 0.3) is 6.08 Å². The first-order valence-electron chi connectivity index (χ1n) is 7.71. The monoisotopic (exact) mass is 335 g/mol. The molecule has 0 radical (unpaired) electrons. The van der Waals surface area contributed by atoms with Crippen molar-refractivity contribution >= 4 is 12.0 Å². The number of hydrogen-bond donors (Lipinski definition) is 0. The summed E-state index contributed by atoms with van der Waals surface area (Å²) in [5.41, 5.74) is 1.71. The standard InChI is InChI=1S/C19H17N3O3/c1-24-17-8-10-18(11-9-17)25-19(23)12-7-16-14-22(21-20-16)13-15-5-3-2-4-6-15/h2-12,14H,13H2,1H3. The Morgan fingerprint density at radius 2 is 1.80 bits per heavy atom. The van der Waals surface area contributed by atoms with Gasteiger partial charge in [0.1, 0.15) is 17.2 Å². The molecule has 1 aromatic heterocycles. The van der Waals surface area contributed by atoms with E-state index in [1.165, 1.54) is 6.08 Å². The van der Waals surface area contributed by atoms with E-state index in [9.17, 15) is 4.79 Å². The van der Waals surface area contributed by atoms with E-state index in [1.54, 1.807) is 48.3 Å². The summed E-state index contributed by atoms with van der Waals surface area (Å²) in [6.45, 7) is 0.623. The highest BCUT2D eigenvalue weighted by molar-refractivity contribution is 5.88. The summed E-state index contributed by atoms with van der Waals surface area (Å²) in [7, 11) is 1.58. The van der Waals surface area contributed by atoms with Gasteiger partial charge in [-0.2, -0.15) is 0 Å². The second-order valence-corrected chi connectivity index (χ2v) is 5.26. The van der Waals surface area contributed by atoms with Crippen LogP contribution in [0.5, 0.6) is 11.5 Å². The normalized spacial score (nSPS) is 10.8. The van der Waals surface area contributed by atoms with Gasteiger partial charge in [0.25, 0.3) is 0 Å². The third-order valence-electron chi connectivity index (χ3n) is 3.41. The number of aromatic nitrogens is 3. The van der Waals surface area contributed by atoms with E-state index in [1.807, 2.05) is 30.3 Å². The molecule has 0 aliphatic carbocycles. The fourth-order valence-electron chi connectivity index (χ4n) is 2.18. The number of methoxy groups -OCH3 is 1. The highest BCUT2D eigenvalue weighted by Gasteiger charge is 2.03. The number of carbonyl (C=O) groups is 1. The first-order chi connectivity index (χ1) is 12.2. The van der Waals surface area contributed by atoms with Gasteiger partial charge in [0.05, 0.1) is 19.9 Å². The Hall–Kier alpha value is -3.41. The van der Waals surface area contributed by atoms with Gasteiger partial charge < -0.3 is 9.47 Å². The molecular weight excluding hydrogens is 318 g/mol. The number of esters is 1. The van der Waals surface area contributed by atoms with Crippen molar-refractivity contribution < 1.29 is 14.3 Å². The SMILES string of the molecule is COc1ccc(OC(=O)C=Cc2cn(Cc3ccccc3)nn2)cc1. The summed E-state index contributed by atoms with van der Waals surface area (Å²) in [5, 5.41) is 8.06. The predicted octanol–water partition coefficient (Wildman–Crippen LogP) is 2.95. The lowest BCUT2D eigenvalue weighted by Crippen LogP contribution is -2.03. The first kappa shape index (κ1) is 16.4. The molecule has 25 heavy (non-hydrogen) atoms. The largest absolute Gasteiger partial charge is 0.497 e. The smallest absolute Gasteiger partial charge is 0.336 e. The van der Waals surface area contributed by atoms with Crippen molar-refractivity contribution in [2.75, 3.05) is 7.11 Å². The lowest BCUT2D eigenvalue weighted by atomic mass is 10.2. The molecule has 0 aliphatic rings. The summed E-state index contributed by atoms with van der Waals surface area (Å²) < 4.78 is 12.0. The van der Waals surface area contributed by atoms with E-state index in [-0.39, 0.29) is 0 Å². The van der Waals surface area contributed by atoms with E-state index in [0.29, 0.717) is 23.7 Å². The molecule has 1 heterocycles. The topological polar surface area (TPSA) is 66.2 Å². The van der Waals surface area contributed by atoms with E-state index in [2.05, 4.69) is 10.3 Å². The van der Waals surface area contributed by atoms with Gasteiger partial charge in [0, 0.05) is 6.08 Å². The maximum absolute atomic E-state index is 11.8. The number of ether oxygens (including phenoxy) is 2. The lowest BCUT2D eigenvalue weighted by Gasteiger charge is -2.02. The van der Waals surface area contributed by atoms with Crippen LogP contribution < -0.4 is 9.47 Å². The molecule has 0 amide bonds. The van der Waals surface area contributed by atoms with Gasteiger partial charge in [-0.1, -0.05) is 35.5 Å². The van der Waals surface area contributed by atoms with Crippen molar-refractivity contribution in [3.05, 3.63) is 78.1 Å². The van der Waals surface area contributed by atoms with Crippen LogP contribution in [0.3, 0.4) is 0 Å². The van der Waals surface area contributed by atoms with Gasteiger partial charge in [-0.15, -0.1) is 5.10 Å². The van der Waals surface area contributed by atoms with Crippen molar-refractivity contribution in [1.29, 1.82) is 0 Å². The molecule has 0 saturated heterocycles. The van der Waals surface area contributed by atoms with Gasteiger partial charge in [-0.25, -0.2) is 9.48 Å². The van der Waals surface area contributed by atoms with Crippen LogP contribution in [0.4, 0.5) is 0 Å². The molecule has 6 heteroatoms. The molecule has 0 saturated carbocycles. The lowest BCUT2D eigenvalue weighted by molar-refractivity contribution is -0.128. The molecule has 0 bridgehead atoms. The second-order valence-electron chi connectivity index (χ2n) is 5.26. The van der Waals surface area contributed by atoms with Crippen molar-refractivity contribution in [3.63, 3.8) is 0 Å². The van der Waals surface area contributed by atoms with Crippen molar-refractivity contribution in [3.8, 4) is 11.5 Å². The van der Waals surface area contributed by atoms with Crippen LogP contribution in [-0.2, 0) is 11.3 Å². The Labute approximate surface area is 145 Å². The average Bonchev–Trinajstić information content (AvgIpc) is 3.09. The molecule has 2 aromatic carbocycles. The molecule has 0 spiro atoms. The van der Waals surface area contributed by atoms with E-state index in [4.69, 9.17) is 9.47 Å². The number of benzene rings is 2. The predicted molar refractivity (Wildman–Crippen MR) is 93.2 cm³/mol. The minimum Gasteiger partial charge on any atom is -0.497 e. The van der Waals surface area contributed by atoms with Crippen LogP contribution >= 0.6 is 0 Å². The van der Waals surface area contributed by atoms with Crippen LogP contribution in [0.2, 0.25) is 0 Å². The first-order valence-corrected chi connectivity index (χ1v) is 7.71. The number of rotatable bonds is 6. The van der Waals surface area contributed by atoms with Crippen molar-refractivity contribution in [1.82, 2.24) is 15.0 Å². The maximum Gasteiger partial charge on any atom is 0.336 e. The van der Waals surface area contributed by atoms with Gasteiger partial charge in [-0.3, -0.25) is 0 Å². The van der Waals surface area contributed by atoms with Crippen LogP contribution in [-0.4, -0.2) is 28.1 Å². The molecular formula is C19H17N3O3. The van der Waals surface area contributed by atoms with Crippen molar-refractivity contribution in [2.24, 2.45) is 0 Å². The minimum atomic E-state index is -0.484. The summed E-state index contributed by atoms with van der Waals surface area (Å²) in [5.74, 6) is 0.663. The zero-order valence-corrected chi connectivity index (χ0v) is 13.7. The van der Waals surface area contributed by atoms with Gasteiger partial charge in [0.2, 0.25) is 0 Å². The highest BCUT2D eigenvalue weighted by atomic mass is 16.5. The Morgan fingerprint density at radius 3 is 2.52 bits per heavy atom. The van der Waals surface area contributed by atoms with Crippen LogP contribution in [0, 0.1) is 0 Å². The Morgan fingerprint density at radius 1 is 1.08 bits per heavy atom. The van der Waals surface area contributed by atoms with Crippen LogP contribution in [0.15, 0.2) is 66.9 Å². The maximum atomic E-state index is 11.8. The van der Waals surface area contributed by atoms with E-state index < -0.39 is 5.97 Å². The van der Waals surface area contributed by atoms with Gasteiger partial charge in [0.15, 0.2) is 0 Å². The van der Waals surface area contributed by atoms with Gasteiger partial charge >= 0.3 is 5.97 Å². The molecule has 0 fully saturated rings. The Bertz CT molecular complexity index is 855. The van der Waals surface area contributed by atoms with E-state index >= 15 is 0 Å². The zero-order chi connectivity index (χ0) is 17.5. The number of nitrogens with zero attached hydrogens (tertiary/aromatic N) is 3. The molecule has 3 aromatic rings. The average molecular weight is 335 g/mol. The minimum absolute atomic E-state index is 0.447. The quantitative estimate of drug-likeness (QED) is 0.394. The number of carbonyl (C=O) groups excluding carboxylic acids is 1. The van der Waals surface area contributed by atoms with Gasteiger partial charge in [-0.05, 0) is 35.9 Å². The molecule has 3 rings (SSSR count). The summed E-state index contributed by atoms with van der Waals surface area (Å²) in [6, 6.07) is 16.7. The van der Waals surface area contributed by atoms with Crippen LogP contribution in [0.1, 0.15) is 11.3 Å². The molecule has 0 aliphatic heterocycles. The number of hydrogen-bond acceptors (Lipinski definition) is 5. The fraction of sp³-hybridized carbons (Fsp3) is 0.105. The van der Waals surface area contributed by atoms with Crippen molar-refractivity contribution in [2.45, 2.75) is 6.54 Å². The molecule has 0 atom stereocenters. The molecule has 0 N–H and O–H groups in total. The summed E-state index contributed by atoms with van der Waals surface area (Å²) in [4.78, 5) is 11.8. The molecule has 126 valence electrons. The summed E-state index contributed by atoms with van der Waals surface area (Å²) in [6.07, 6.45) is 4.66. The second kappa shape index (κ2) is 7.92. The molecule has 6 nitrogen and oxygen atoms in total.